The van der Waals surface area contributed by atoms with Crippen LogP contribution in [0.4, 0.5) is 10.8 Å². The van der Waals surface area contributed by atoms with Crippen molar-refractivity contribution in [3.63, 3.8) is 0 Å². The van der Waals surface area contributed by atoms with Crippen LogP contribution in [0.25, 0.3) is 10.2 Å². The van der Waals surface area contributed by atoms with Gasteiger partial charge in [0.25, 0.3) is 0 Å². The number of amides is 1. The number of hydrogen-bond donors (Lipinski definition) is 2. The van der Waals surface area contributed by atoms with Crippen molar-refractivity contribution in [2.75, 3.05) is 22.6 Å². The predicted molar refractivity (Wildman–Crippen MR) is 86.2 cm³/mol. The molecular weight excluding hydrogens is 310 g/mol. The van der Waals surface area contributed by atoms with Crippen molar-refractivity contribution in [3.8, 4) is 0 Å². The summed E-state index contributed by atoms with van der Waals surface area (Å²) in [4.78, 5) is 16.0. The van der Waals surface area contributed by atoms with Gasteiger partial charge in [0, 0.05) is 5.69 Å². The topological polar surface area (TPSA) is 102 Å². The van der Waals surface area contributed by atoms with E-state index in [1.807, 2.05) is 0 Å². The SMILES string of the molecule is CC(C)CS(=O)(=O)CC(=O)Nc1nc2ccc(N)cc2s1. The van der Waals surface area contributed by atoms with E-state index in [-0.39, 0.29) is 11.7 Å². The molecule has 0 saturated carbocycles. The Bertz CT molecular complexity index is 766. The Morgan fingerprint density at radius 1 is 1.43 bits per heavy atom. The van der Waals surface area contributed by atoms with Gasteiger partial charge < -0.3 is 11.1 Å². The van der Waals surface area contributed by atoms with Crippen molar-refractivity contribution in [2.45, 2.75) is 13.8 Å². The van der Waals surface area contributed by atoms with Crippen molar-refractivity contribution in [3.05, 3.63) is 18.2 Å². The number of sulfone groups is 1. The fraction of sp³-hybridized carbons (Fsp3) is 0.385. The largest absolute Gasteiger partial charge is 0.399 e. The number of anilines is 2. The molecule has 0 radical (unpaired) electrons. The van der Waals surface area contributed by atoms with Gasteiger partial charge >= 0.3 is 0 Å². The Morgan fingerprint density at radius 3 is 2.81 bits per heavy atom. The van der Waals surface area contributed by atoms with Crippen molar-refractivity contribution < 1.29 is 13.2 Å². The zero-order valence-corrected chi connectivity index (χ0v) is 13.4. The number of nitrogens with zero attached hydrogens (tertiary/aromatic N) is 1. The third kappa shape index (κ3) is 4.40. The van der Waals surface area contributed by atoms with Crippen molar-refractivity contribution in [2.24, 2.45) is 5.92 Å². The number of benzene rings is 1. The number of aromatic nitrogens is 1. The maximum absolute atomic E-state index is 11.8. The van der Waals surface area contributed by atoms with E-state index < -0.39 is 21.5 Å². The summed E-state index contributed by atoms with van der Waals surface area (Å²) in [6, 6.07) is 5.24. The van der Waals surface area contributed by atoms with Crippen LogP contribution >= 0.6 is 11.3 Å². The van der Waals surface area contributed by atoms with Crippen LogP contribution in [-0.2, 0) is 14.6 Å². The number of thiazole rings is 1. The van der Waals surface area contributed by atoms with Gasteiger partial charge in [-0.3, -0.25) is 4.79 Å². The summed E-state index contributed by atoms with van der Waals surface area (Å²) >= 11 is 1.26. The van der Waals surface area contributed by atoms with Crippen molar-refractivity contribution >= 4 is 48.1 Å². The van der Waals surface area contributed by atoms with Gasteiger partial charge in [-0.2, -0.15) is 0 Å². The second kappa shape index (κ2) is 5.98. The van der Waals surface area contributed by atoms with Crippen LogP contribution in [0.3, 0.4) is 0 Å². The zero-order valence-electron chi connectivity index (χ0n) is 11.8. The average molecular weight is 327 g/mol. The van der Waals surface area contributed by atoms with Crippen molar-refractivity contribution in [1.82, 2.24) is 4.98 Å². The molecule has 0 aliphatic rings. The fourth-order valence-electron chi connectivity index (χ4n) is 1.92. The van der Waals surface area contributed by atoms with Crippen LogP contribution < -0.4 is 11.1 Å². The molecule has 0 spiro atoms. The first-order chi connectivity index (χ1) is 9.75. The maximum atomic E-state index is 11.8. The minimum Gasteiger partial charge on any atom is -0.399 e. The number of hydrogen-bond acceptors (Lipinski definition) is 6. The van der Waals surface area contributed by atoms with Crippen LogP contribution in [-0.4, -0.2) is 30.8 Å². The number of fused-ring (bicyclic) bond motifs is 1. The molecule has 1 aromatic carbocycles. The van der Waals surface area contributed by atoms with Crippen LogP contribution in [0, 0.1) is 5.92 Å². The first-order valence-electron chi connectivity index (χ1n) is 6.41. The van der Waals surface area contributed by atoms with Gasteiger partial charge in [-0.1, -0.05) is 25.2 Å². The monoisotopic (exact) mass is 327 g/mol. The molecule has 3 N–H and O–H groups in total. The molecule has 1 amide bonds. The van der Waals surface area contributed by atoms with E-state index in [1.165, 1.54) is 11.3 Å². The molecule has 21 heavy (non-hydrogen) atoms. The van der Waals surface area contributed by atoms with Gasteiger partial charge in [-0.15, -0.1) is 0 Å². The standard InChI is InChI=1S/C13H17N3O3S2/c1-8(2)6-21(18,19)7-12(17)16-13-15-10-4-3-9(14)5-11(10)20-13/h3-5,8H,6-7,14H2,1-2H3,(H,15,16,17). The highest BCUT2D eigenvalue weighted by Crippen LogP contribution is 2.27. The lowest BCUT2D eigenvalue weighted by Crippen LogP contribution is -2.26. The van der Waals surface area contributed by atoms with Crippen LogP contribution in [0.1, 0.15) is 13.8 Å². The zero-order chi connectivity index (χ0) is 15.6. The number of carbonyl (C=O) groups excluding carboxylic acids is 1. The van der Waals surface area contributed by atoms with Crippen LogP contribution in [0.2, 0.25) is 0 Å². The van der Waals surface area contributed by atoms with E-state index in [1.54, 1.807) is 32.0 Å². The molecule has 1 heterocycles. The second-order valence-corrected chi connectivity index (χ2v) is 8.38. The lowest BCUT2D eigenvalue weighted by molar-refractivity contribution is -0.113. The molecule has 0 atom stereocenters. The molecular formula is C13H17N3O3S2. The number of carbonyl (C=O) groups is 1. The minimum absolute atomic E-state index is 0.00318. The molecule has 2 rings (SSSR count). The molecule has 8 heteroatoms. The summed E-state index contributed by atoms with van der Waals surface area (Å²) in [5.74, 6) is -1.10. The number of rotatable bonds is 5. The summed E-state index contributed by atoms with van der Waals surface area (Å²) in [6.45, 7) is 3.60. The number of nitrogens with one attached hydrogen (secondary N) is 1. The molecule has 2 aromatic rings. The summed E-state index contributed by atoms with van der Waals surface area (Å²) in [5, 5.41) is 2.90. The molecule has 0 aliphatic heterocycles. The van der Waals surface area contributed by atoms with Crippen LogP contribution in [0.15, 0.2) is 18.2 Å². The molecule has 6 nitrogen and oxygen atoms in total. The highest BCUT2D eigenvalue weighted by atomic mass is 32.2. The third-order valence-electron chi connectivity index (χ3n) is 2.60. The van der Waals surface area contributed by atoms with Gasteiger partial charge in [0.15, 0.2) is 15.0 Å². The van der Waals surface area contributed by atoms with E-state index in [0.29, 0.717) is 10.8 Å². The highest BCUT2D eigenvalue weighted by molar-refractivity contribution is 7.92. The summed E-state index contributed by atoms with van der Waals surface area (Å²) in [7, 11) is -3.39. The van der Waals surface area contributed by atoms with E-state index in [9.17, 15) is 13.2 Å². The smallest absolute Gasteiger partial charge is 0.241 e. The summed E-state index contributed by atoms with van der Waals surface area (Å²) in [6.07, 6.45) is 0. The van der Waals surface area contributed by atoms with Crippen LogP contribution in [0.5, 0.6) is 0 Å². The molecule has 0 saturated heterocycles. The van der Waals surface area contributed by atoms with Gasteiger partial charge in [-0.05, 0) is 24.1 Å². The summed E-state index contributed by atoms with van der Waals surface area (Å²) < 4.78 is 24.4. The van der Waals surface area contributed by atoms with E-state index in [0.717, 1.165) is 10.2 Å². The third-order valence-corrected chi connectivity index (χ3v) is 5.41. The Hall–Kier alpha value is -1.67. The quantitative estimate of drug-likeness (QED) is 0.816. The van der Waals surface area contributed by atoms with Gasteiger partial charge in [-0.25, -0.2) is 13.4 Å². The Labute approximate surface area is 127 Å². The molecule has 0 aliphatic carbocycles. The normalized spacial score (nSPS) is 12.0. The molecule has 0 bridgehead atoms. The average Bonchev–Trinajstić information content (AvgIpc) is 2.66. The molecule has 0 unspecified atom stereocenters. The molecule has 114 valence electrons. The Balaban J connectivity index is 2.08. The first kappa shape index (κ1) is 15.7. The van der Waals surface area contributed by atoms with Gasteiger partial charge in [0.1, 0.15) is 5.75 Å². The predicted octanol–water partition coefficient (Wildman–Crippen LogP) is 1.89. The van der Waals surface area contributed by atoms with E-state index >= 15 is 0 Å². The summed E-state index contributed by atoms with van der Waals surface area (Å²) in [5.41, 5.74) is 7.01. The van der Waals surface area contributed by atoms with E-state index in [4.69, 9.17) is 5.73 Å². The lowest BCUT2D eigenvalue weighted by Gasteiger charge is -2.06. The minimum atomic E-state index is -3.39. The fourth-order valence-corrected chi connectivity index (χ4v) is 4.45. The second-order valence-electron chi connectivity index (χ2n) is 5.24. The first-order valence-corrected chi connectivity index (χ1v) is 9.05. The molecule has 1 aromatic heterocycles. The van der Waals surface area contributed by atoms with E-state index in [2.05, 4.69) is 10.3 Å². The van der Waals surface area contributed by atoms with Crippen molar-refractivity contribution in [1.29, 1.82) is 0 Å². The number of nitrogens with two attached hydrogens (primary N) is 1. The maximum Gasteiger partial charge on any atom is 0.241 e. The lowest BCUT2D eigenvalue weighted by atomic mass is 10.3. The van der Waals surface area contributed by atoms with Gasteiger partial charge in [0.05, 0.1) is 16.0 Å². The highest BCUT2D eigenvalue weighted by Gasteiger charge is 2.19. The Kier molecular flexibility index (Phi) is 4.48. The Morgan fingerprint density at radius 2 is 2.14 bits per heavy atom. The number of nitrogen functional groups attached to an aromatic ring is 1. The van der Waals surface area contributed by atoms with Gasteiger partial charge in [0.2, 0.25) is 5.91 Å². The molecule has 0 fully saturated rings.